The molecule has 0 aromatic heterocycles. The molecule has 8 heteroatoms. The first kappa shape index (κ1) is 16.7. The zero-order valence-corrected chi connectivity index (χ0v) is 13.1. The Morgan fingerprint density at radius 3 is 2.39 bits per heavy atom. The molecule has 2 rings (SSSR count). The first-order valence-electron chi connectivity index (χ1n) is 6.59. The number of carbonyl (C=O) groups is 2. The second kappa shape index (κ2) is 6.59. The third kappa shape index (κ3) is 3.74. The van der Waals surface area contributed by atoms with Crippen LogP contribution in [0.4, 0.5) is 5.69 Å². The normalized spacial score (nSPS) is 11.0. The van der Waals surface area contributed by atoms with Crippen molar-refractivity contribution in [1.29, 1.82) is 0 Å². The summed E-state index contributed by atoms with van der Waals surface area (Å²) >= 11 is 0. The van der Waals surface area contributed by atoms with Crippen molar-refractivity contribution in [3.63, 3.8) is 0 Å². The fourth-order valence-electron chi connectivity index (χ4n) is 1.92. The van der Waals surface area contributed by atoms with Gasteiger partial charge in [-0.3, -0.25) is 9.59 Å². The monoisotopic (exact) mass is 333 g/mol. The second-order valence-electron chi connectivity index (χ2n) is 4.60. The topological polar surface area (TPSA) is 118 Å². The lowest BCUT2D eigenvalue weighted by molar-refractivity contribution is 0.100. The molecule has 0 aliphatic rings. The number of sulfonamides is 1. The van der Waals surface area contributed by atoms with E-state index in [-0.39, 0.29) is 21.7 Å². The number of rotatable bonds is 5. The van der Waals surface area contributed by atoms with Gasteiger partial charge in [0, 0.05) is 5.56 Å². The van der Waals surface area contributed by atoms with Crippen molar-refractivity contribution in [1.82, 2.24) is 4.72 Å². The van der Waals surface area contributed by atoms with Crippen LogP contribution in [0.3, 0.4) is 0 Å². The average Bonchev–Trinajstić information content (AvgIpc) is 2.55. The molecule has 4 N–H and O–H groups in total. The van der Waals surface area contributed by atoms with E-state index in [4.69, 9.17) is 5.73 Å². The van der Waals surface area contributed by atoms with Gasteiger partial charge in [0.25, 0.3) is 11.8 Å². The third-order valence-corrected chi connectivity index (χ3v) is 4.53. The quantitative estimate of drug-likeness (QED) is 0.754. The number of para-hydroxylation sites is 1. The molecule has 0 unspecified atom stereocenters. The van der Waals surface area contributed by atoms with E-state index < -0.39 is 21.8 Å². The maximum atomic E-state index is 12.3. The van der Waals surface area contributed by atoms with Gasteiger partial charge in [0.1, 0.15) is 0 Å². The SMILES string of the molecule is CNS(=O)(=O)c1cccc(C(=O)Nc2ccccc2C(N)=O)c1. The lowest BCUT2D eigenvalue weighted by atomic mass is 10.1. The molecule has 0 bridgehead atoms. The van der Waals surface area contributed by atoms with Crippen LogP contribution in [0.1, 0.15) is 20.7 Å². The largest absolute Gasteiger partial charge is 0.366 e. The molecule has 0 spiro atoms. The van der Waals surface area contributed by atoms with Crippen LogP contribution in [0.5, 0.6) is 0 Å². The molecule has 0 saturated carbocycles. The molecule has 120 valence electrons. The van der Waals surface area contributed by atoms with E-state index >= 15 is 0 Å². The lowest BCUT2D eigenvalue weighted by Gasteiger charge is -2.09. The van der Waals surface area contributed by atoms with Crippen LogP contribution in [-0.4, -0.2) is 27.3 Å². The maximum absolute atomic E-state index is 12.3. The zero-order chi connectivity index (χ0) is 17.0. The van der Waals surface area contributed by atoms with E-state index in [0.717, 1.165) is 0 Å². The summed E-state index contributed by atoms with van der Waals surface area (Å²) in [5.74, 6) is -1.22. The Balaban J connectivity index is 2.33. The molecular weight excluding hydrogens is 318 g/mol. The molecule has 0 saturated heterocycles. The minimum atomic E-state index is -3.65. The molecule has 0 aliphatic carbocycles. The van der Waals surface area contributed by atoms with Crippen molar-refractivity contribution >= 4 is 27.5 Å². The van der Waals surface area contributed by atoms with Gasteiger partial charge in [-0.05, 0) is 37.4 Å². The highest BCUT2D eigenvalue weighted by Gasteiger charge is 2.16. The fraction of sp³-hybridized carbons (Fsp3) is 0.0667. The van der Waals surface area contributed by atoms with Crippen LogP contribution in [0.15, 0.2) is 53.4 Å². The Morgan fingerprint density at radius 1 is 1.04 bits per heavy atom. The van der Waals surface area contributed by atoms with Crippen molar-refractivity contribution in [3.05, 3.63) is 59.7 Å². The van der Waals surface area contributed by atoms with Gasteiger partial charge < -0.3 is 11.1 Å². The Kier molecular flexibility index (Phi) is 4.77. The van der Waals surface area contributed by atoms with Gasteiger partial charge in [0.2, 0.25) is 10.0 Å². The Hall–Kier alpha value is -2.71. The number of nitrogens with one attached hydrogen (secondary N) is 2. The van der Waals surface area contributed by atoms with Crippen molar-refractivity contribution in [3.8, 4) is 0 Å². The van der Waals surface area contributed by atoms with Gasteiger partial charge in [0.15, 0.2) is 0 Å². The van der Waals surface area contributed by atoms with Gasteiger partial charge in [-0.2, -0.15) is 0 Å². The summed E-state index contributed by atoms with van der Waals surface area (Å²) in [7, 11) is -2.37. The summed E-state index contributed by atoms with van der Waals surface area (Å²) in [5.41, 5.74) is 5.81. The number of hydrogen-bond donors (Lipinski definition) is 3. The molecule has 2 aromatic carbocycles. The highest BCUT2D eigenvalue weighted by Crippen LogP contribution is 2.17. The Bertz CT molecular complexity index is 863. The molecular formula is C15H15N3O4S. The van der Waals surface area contributed by atoms with Crippen molar-refractivity contribution in [2.45, 2.75) is 4.90 Å². The highest BCUT2D eigenvalue weighted by atomic mass is 32.2. The predicted molar refractivity (Wildman–Crippen MR) is 85.6 cm³/mol. The number of primary amides is 1. The molecule has 23 heavy (non-hydrogen) atoms. The van der Waals surface area contributed by atoms with E-state index in [2.05, 4.69) is 10.0 Å². The van der Waals surface area contributed by atoms with Crippen LogP contribution in [0.25, 0.3) is 0 Å². The summed E-state index contributed by atoms with van der Waals surface area (Å²) in [4.78, 5) is 23.6. The second-order valence-corrected chi connectivity index (χ2v) is 6.49. The smallest absolute Gasteiger partial charge is 0.255 e. The maximum Gasteiger partial charge on any atom is 0.255 e. The van der Waals surface area contributed by atoms with Crippen LogP contribution in [0.2, 0.25) is 0 Å². The number of nitrogens with two attached hydrogens (primary N) is 1. The summed E-state index contributed by atoms with van der Waals surface area (Å²) in [6.45, 7) is 0. The van der Waals surface area contributed by atoms with Crippen molar-refractivity contribution in [2.75, 3.05) is 12.4 Å². The molecule has 0 radical (unpaired) electrons. The average molecular weight is 333 g/mol. The molecule has 2 amide bonds. The number of hydrogen-bond acceptors (Lipinski definition) is 4. The molecule has 0 atom stereocenters. The van der Waals surface area contributed by atoms with E-state index in [1.165, 1.54) is 43.4 Å². The van der Waals surface area contributed by atoms with Crippen molar-refractivity contribution < 1.29 is 18.0 Å². The highest BCUT2D eigenvalue weighted by molar-refractivity contribution is 7.89. The molecule has 7 nitrogen and oxygen atoms in total. The minimum Gasteiger partial charge on any atom is -0.366 e. The molecule has 2 aromatic rings. The predicted octanol–water partition coefficient (Wildman–Crippen LogP) is 0.946. The van der Waals surface area contributed by atoms with E-state index in [1.54, 1.807) is 12.1 Å². The van der Waals surface area contributed by atoms with Crippen LogP contribution in [-0.2, 0) is 10.0 Å². The summed E-state index contributed by atoms with van der Waals surface area (Å²) < 4.78 is 25.7. The van der Waals surface area contributed by atoms with Crippen LogP contribution in [0, 0.1) is 0 Å². The number of amides is 2. The third-order valence-electron chi connectivity index (χ3n) is 3.12. The fourth-order valence-corrected chi connectivity index (χ4v) is 2.70. The van der Waals surface area contributed by atoms with E-state index in [1.807, 2.05) is 0 Å². The molecule has 0 aliphatic heterocycles. The molecule has 0 heterocycles. The van der Waals surface area contributed by atoms with Gasteiger partial charge in [-0.1, -0.05) is 18.2 Å². The number of carbonyl (C=O) groups excluding carboxylic acids is 2. The van der Waals surface area contributed by atoms with E-state index in [9.17, 15) is 18.0 Å². The summed E-state index contributed by atoms with van der Waals surface area (Å²) in [5, 5.41) is 2.55. The van der Waals surface area contributed by atoms with Crippen molar-refractivity contribution in [2.24, 2.45) is 5.73 Å². The first-order valence-corrected chi connectivity index (χ1v) is 8.07. The van der Waals surface area contributed by atoms with Crippen LogP contribution >= 0.6 is 0 Å². The number of anilines is 1. The van der Waals surface area contributed by atoms with E-state index in [0.29, 0.717) is 0 Å². The molecule has 0 fully saturated rings. The van der Waals surface area contributed by atoms with Crippen LogP contribution < -0.4 is 15.8 Å². The van der Waals surface area contributed by atoms with Gasteiger partial charge >= 0.3 is 0 Å². The Morgan fingerprint density at radius 2 is 1.74 bits per heavy atom. The van der Waals surface area contributed by atoms with Gasteiger partial charge in [-0.15, -0.1) is 0 Å². The standard InChI is InChI=1S/C15H15N3O4S/c1-17-23(21,22)11-6-4-5-10(9-11)15(20)18-13-8-3-2-7-12(13)14(16)19/h2-9,17H,1H3,(H2,16,19)(H,18,20). The summed E-state index contributed by atoms with van der Waals surface area (Å²) in [6.07, 6.45) is 0. The first-order chi connectivity index (χ1) is 10.8. The van der Waals surface area contributed by atoms with Gasteiger partial charge in [0.05, 0.1) is 16.1 Å². The minimum absolute atomic E-state index is 0.0316. The number of benzene rings is 2. The summed E-state index contributed by atoms with van der Waals surface area (Å²) in [6, 6.07) is 11.8. The lowest BCUT2D eigenvalue weighted by Crippen LogP contribution is -2.20. The Labute approximate surface area is 133 Å². The zero-order valence-electron chi connectivity index (χ0n) is 12.2. The van der Waals surface area contributed by atoms with Gasteiger partial charge in [-0.25, -0.2) is 13.1 Å².